The Labute approximate surface area is 177 Å². The van der Waals surface area contributed by atoms with Crippen LogP contribution in [0, 0.1) is 5.92 Å². The molecule has 0 spiro atoms. The van der Waals surface area contributed by atoms with Crippen LogP contribution in [0.4, 0.5) is 0 Å². The molecule has 1 aliphatic heterocycles. The summed E-state index contributed by atoms with van der Waals surface area (Å²) >= 11 is 1.77. The van der Waals surface area contributed by atoms with Crippen LogP contribution in [0.15, 0.2) is 60.7 Å². The Morgan fingerprint density at radius 3 is 2.24 bits per heavy atom. The van der Waals surface area contributed by atoms with Crippen molar-refractivity contribution in [1.82, 2.24) is 4.90 Å². The molecule has 0 radical (unpaired) electrons. The van der Waals surface area contributed by atoms with Gasteiger partial charge in [0.05, 0.1) is 5.92 Å². The van der Waals surface area contributed by atoms with E-state index in [-0.39, 0.29) is 11.8 Å². The lowest BCUT2D eigenvalue weighted by Gasteiger charge is -2.32. The largest absolute Gasteiger partial charge is 0.481 e. The number of likely N-dealkylation sites (tertiary alicyclic amines) is 1. The van der Waals surface area contributed by atoms with Crippen LogP contribution in [0.3, 0.4) is 0 Å². The lowest BCUT2D eigenvalue weighted by atomic mass is 10.0. The van der Waals surface area contributed by atoms with Crippen molar-refractivity contribution in [2.24, 2.45) is 5.92 Å². The highest BCUT2D eigenvalue weighted by Crippen LogP contribution is 2.27. The van der Waals surface area contributed by atoms with Crippen LogP contribution in [0.1, 0.15) is 41.6 Å². The first-order valence-corrected chi connectivity index (χ1v) is 11.4. The minimum absolute atomic E-state index is 0.0957. The number of hydrogen-bond acceptors (Lipinski definition) is 3. The molecule has 0 aromatic heterocycles. The number of thioether (sulfide) groups is 1. The molecule has 154 valence electrons. The highest BCUT2D eigenvalue weighted by molar-refractivity contribution is 7.99. The van der Waals surface area contributed by atoms with E-state index in [4.69, 9.17) is 0 Å². The van der Waals surface area contributed by atoms with Gasteiger partial charge in [-0.15, -0.1) is 0 Å². The molecular formula is C24H29NO3S. The lowest BCUT2D eigenvalue weighted by Crippen LogP contribution is -2.39. The Morgan fingerprint density at radius 1 is 1.00 bits per heavy atom. The van der Waals surface area contributed by atoms with E-state index in [1.54, 1.807) is 11.8 Å². The van der Waals surface area contributed by atoms with Crippen LogP contribution >= 0.6 is 11.8 Å². The second kappa shape index (κ2) is 11.1. The van der Waals surface area contributed by atoms with Gasteiger partial charge in [-0.25, -0.2) is 0 Å². The third-order valence-electron chi connectivity index (χ3n) is 5.49. The summed E-state index contributed by atoms with van der Waals surface area (Å²) in [6, 6.07) is 19.6. The Bertz CT molecular complexity index is 773. The number of rotatable bonds is 9. The third-order valence-corrected chi connectivity index (χ3v) is 7.03. The Hall–Kier alpha value is -2.27. The summed E-state index contributed by atoms with van der Waals surface area (Å²) in [6.07, 6.45) is 4.39. The average molecular weight is 412 g/mol. The highest BCUT2D eigenvalue weighted by Gasteiger charge is 2.26. The number of benzene rings is 2. The van der Waals surface area contributed by atoms with Crippen LogP contribution < -0.4 is 0 Å². The summed E-state index contributed by atoms with van der Waals surface area (Å²) in [5.74, 6) is -0.241. The van der Waals surface area contributed by atoms with E-state index in [0.717, 1.165) is 44.3 Å². The van der Waals surface area contributed by atoms with E-state index in [2.05, 4.69) is 12.1 Å². The molecule has 1 fully saturated rings. The van der Waals surface area contributed by atoms with Crippen LogP contribution in [0.25, 0.3) is 0 Å². The smallest absolute Gasteiger partial charge is 0.307 e. The molecular weight excluding hydrogens is 382 g/mol. The monoisotopic (exact) mass is 411 g/mol. The molecule has 1 unspecified atom stereocenters. The number of carbonyl (C=O) groups excluding carboxylic acids is 1. The van der Waals surface area contributed by atoms with Crippen molar-refractivity contribution in [2.75, 3.05) is 18.8 Å². The summed E-state index contributed by atoms with van der Waals surface area (Å²) in [6.45, 7) is 1.49. The fourth-order valence-corrected chi connectivity index (χ4v) is 5.07. The normalized spacial score (nSPS) is 15.8. The summed E-state index contributed by atoms with van der Waals surface area (Å²) in [5.41, 5.74) is 2.00. The number of nitrogens with zero attached hydrogens (tertiary/aromatic N) is 1. The van der Waals surface area contributed by atoms with Gasteiger partial charge < -0.3 is 10.0 Å². The molecule has 2 aromatic rings. The van der Waals surface area contributed by atoms with Gasteiger partial charge in [0.2, 0.25) is 0 Å². The van der Waals surface area contributed by atoms with Crippen molar-refractivity contribution in [1.29, 1.82) is 0 Å². The highest BCUT2D eigenvalue weighted by atomic mass is 32.2. The Balaban J connectivity index is 1.39. The lowest BCUT2D eigenvalue weighted by molar-refractivity contribution is -0.141. The molecule has 1 amide bonds. The van der Waals surface area contributed by atoms with E-state index in [1.807, 2.05) is 53.4 Å². The van der Waals surface area contributed by atoms with Gasteiger partial charge in [-0.05, 0) is 49.8 Å². The summed E-state index contributed by atoms with van der Waals surface area (Å²) in [7, 11) is 0. The predicted molar refractivity (Wildman–Crippen MR) is 118 cm³/mol. The predicted octanol–water partition coefficient (Wildman–Crippen LogP) is 4.75. The van der Waals surface area contributed by atoms with Gasteiger partial charge in [0.15, 0.2) is 0 Å². The number of aryl methyl sites for hydroxylation is 1. The van der Waals surface area contributed by atoms with Crippen LogP contribution in [-0.2, 0) is 11.2 Å². The number of carboxylic acid groups (broad SMARTS) is 1. The van der Waals surface area contributed by atoms with Crippen LogP contribution in [0.2, 0.25) is 0 Å². The first-order chi connectivity index (χ1) is 14.1. The zero-order valence-electron chi connectivity index (χ0n) is 16.7. The fourth-order valence-electron chi connectivity index (χ4n) is 3.72. The third kappa shape index (κ3) is 6.64. The molecule has 0 saturated carbocycles. The molecule has 1 heterocycles. The van der Waals surface area contributed by atoms with Gasteiger partial charge in [-0.3, -0.25) is 9.59 Å². The van der Waals surface area contributed by atoms with Crippen LogP contribution in [-0.4, -0.2) is 46.0 Å². The molecule has 3 rings (SSSR count). The first kappa shape index (κ1) is 21.4. The van der Waals surface area contributed by atoms with Gasteiger partial charge in [0.25, 0.3) is 5.91 Å². The second-order valence-electron chi connectivity index (χ2n) is 7.60. The number of amides is 1. The number of carboxylic acids is 1. The zero-order valence-corrected chi connectivity index (χ0v) is 17.5. The van der Waals surface area contributed by atoms with E-state index in [9.17, 15) is 14.7 Å². The van der Waals surface area contributed by atoms with Gasteiger partial charge in [-0.1, -0.05) is 48.5 Å². The number of carbonyl (C=O) groups is 2. The molecule has 2 aromatic carbocycles. The van der Waals surface area contributed by atoms with Crippen molar-refractivity contribution in [3.05, 3.63) is 71.8 Å². The van der Waals surface area contributed by atoms with Gasteiger partial charge in [-0.2, -0.15) is 11.8 Å². The van der Waals surface area contributed by atoms with Crippen molar-refractivity contribution in [2.45, 2.75) is 37.4 Å². The summed E-state index contributed by atoms with van der Waals surface area (Å²) in [5, 5.41) is 10.0. The Kier molecular flexibility index (Phi) is 8.17. The molecule has 1 N–H and O–H groups in total. The molecule has 1 aliphatic rings. The van der Waals surface area contributed by atoms with Crippen molar-refractivity contribution >= 4 is 23.6 Å². The maximum Gasteiger partial charge on any atom is 0.307 e. The fraction of sp³-hybridized carbons (Fsp3) is 0.417. The molecule has 1 atom stereocenters. The van der Waals surface area contributed by atoms with Crippen LogP contribution in [0.5, 0.6) is 0 Å². The first-order valence-electron chi connectivity index (χ1n) is 10.4. The number of piperidine rings is 1. The van der Waals surface area contributed by atoms with E-state index < -0.39 is 5.97 Å². The molecule has 29 heavy (non-hydrogen) atoms. The SMILES string of the molecule is O=C(O)C(CCCc1ccccc1)CSC1CCN(C(=O)c2ccccc2)CC1. The van der Waals surface area contributed by atoms with E-state index in [1.165, 1.54) is 5.56 Å². The van der Waals surface area contributed by atoms with Gasteiger partial charge >= 0.3 is 5.97 Å². The van der Waals surface area contributed by atoms with Gasteiger partial charge in [0.1, 0.15) is 0 Å². The minimum Gasteiger partial charge on any atom is -0.481 e. The van der Waals surface area contributed by atoms with Crippen molar-refractivity contribution in [3.8, 4) is 0 Å². The van der Waals surface area contributed by atoms with E-state index >= 15 is 0 Å². The topological polar surface area (TPSA) is 57.6 Å². The quantitative estimate of drug-likeness (QED) is 0.647. The molecule has 0 aliphatic carbocycles. The summed E-state index contributed by atoms with van der Waals surface area (Å²) < 4.78 is 0. The van der Waals surface area contributed by atoms with Crippen molar-refractivity contribution < 1.29 is 14.7 Å². The molecule has 0 bridgehead atoms. The maximum atomic E-state index is 12.5. The van der Waals surface area contributed by atoms with Gasteiger partial charge in [0, 0.05) is 29.7 Å². The standard InChI is InChI=1S/C24H29NO3S/c26-23(20-11-5-2-6-12-20)25-16-14-22(15-17-25)29-18-21(24(27)28)13-7-10-19-8-3-1-4-9-19/h1-6,8-9,11-12,21-22H,7,10,13-18H2,(H,27,28). The average Bonchev–Trinajstić information content (AvgIpc) is 2.77. The second-order valence-corrected chi connectivity index (χ2v) is 8.94. The molecule has 4 nitrogen and oxygen atoms in total. The molecule has 1 saturated heterocycles. The number of aliphatic carboxylic acids is 1. The Morgan fingerprint density at radius 2 is 1.62 bits per heavy atom. The zero-order chi connectivity index (χ0) is 20.5. The maximum absolute atomic E-state index is 12.5. The minimum atomic E-state index is -0.692. The van der Waals surface area contributed by atoms with E-state index in [0.29, 0.717) is 17.4 Å². The summed E-state index contributed by atoms with van der Waals surface area (Å²) in [4.78, 5) is 26.1. The van der Waals surface area contributed by atoms with Crippen molar-refractivity contribution in [3.63, 3.8) is 0 Å². The number of hydrogen-bond donors (Lipinski definition) is 1. The molecule has 5 heteroatoms.